The van der Waals surface area contributed by atoms with Crippen LogP contribution < -0.4 is 5.32 Å². The minimum atomic E-state index is -2.15. The Balaban J connectivity index is 1.35. The molecule has 344 valence electrons. The molecule has 5 rings (SSSR count). The van der Waals surface area contributed by atoms with Crippen molar-refractivity contribution in [3.8, 4) is 0 Å². The van der Waals surface area contributed by atoms with Crippen molar-refractivity contribution in [3.05, 3.63) is 0 Å². The lowest BCUT2D eigenvalue weighted by Gasteiger charge is -2.50. The minimum Gasteiger partial charge on any atom is -0.394 e. The molecule has 10 unspecified atom stereocenters. The van der Waals surface area contributed by atoms with Crippen molar-refractivity contribution in [1.82, 2.24) is 5.32 Å². The Labute approximate surface area is 333 Å². The first-order chi connectivity index (χ1) is 27.9. The molecule has 0 aromatic heterocycles. The number of hydrogen-bond donors (Lipinski definition) is 17. The standard InChI is InChI=1S/C32H55NO26/c1-7(39)33-13-26(58-30-21(47)17(43)14(40)8(2-34)53-30)15(41)9(3-35)52-29(13)59-27-16(42)10(4-36)54-32(23(27)49)57-25-12(6-38)55-31(22(48)19(25)45)56-24-11(5-37)51-28(50)20(46)18(24)44/h8-32,34-38,40-50H,2-6H2,1H3,(H,33,39)/t8?,9?,10?,11?,12?,13-,14-,15-,16-,17?,18?,19?,20-,21-,22-,23?,24+,25-,26?,27-,28+,29-,30-,31-,32+/m0/s1. The molecule has 0 spiro atoms. The van der Waals surface area contributed by atoms with Gasteiger partial charge < -0.3 is 130 Å². The molecule has 17 N–H and O–H groups in total. The van der Waals surface area contributed by atoms with Gasteiger partial charge in [-0.25, -0.2) is 0 Å². The molecule has 0 bridgehead atoms. The lowest BCUT2D eigenvalue weighted by atomic mass is 9.94. The first-order valence-corrected chi connectivity index (χ1v) is 18.6. The summed E-state index contributed by atoms with van der Waals surface area (Å²) in [5.41, 5.74) is 0. The predicted octanol–water partition coefficient (Wildman–Crippen LogP) is -11.8. The SMILES string of the molecule is CC(=O)N[C@H]1C(O[C@@H]2OC(CO)[C@H](O)C(O)[C@@H]2O)[C@@H](O)C(CO)O[C@H]1O[C@@H]1C(O)[C@@H](O[C@H]2C(CO)O[C@@H](O[C@@H]3C(CO)O[C@@H](O)[C@@H](O)C3O)[C@@H](O)C2O)OC(CO)[C@@H]1O. The highest BCUT2D eigenvalue weighted by Crippen LogP contribution is 2.35. The Morgan fingerprint density at radius 1 is 0.407 bits per heavy atom. The van der Waals surface area contributed by atoms with Gasteiger partial charge in [0.2, 0.25) is 5.91 Å². The van der Waals surface area contributed by atoms with E-state index in [2.05, 4.69) is 5.32 Å². The van der Waals surface area contributed by atoms with Gasteiger partial charge in [-0.15, -0.1) is 0 Å². The summed E-state index contributed by atoms with van der Waals surface area (Å²) < 4.78 is 50.1. The van der Waals surface area contributed by atoms with E-state index in [0.717, 1.165) is 6.92 Å². The van der Waals surface area contributed by atoms with Gasteiger partial charge in [-0.05, 0) is 0 Å². The largest absolute Gasteiger partial charge is 0.394 e. The van der Waals surface area contributed by atoms with E-state index < -0.39 is 192 Å². The second kappa shape index (κ2) is 20.8. The highest BCUT2D eigenvalue weighted by atomic mass is 16.8. The summed E-state index contributed by atoms with van der Waals surface area (Å²) in [7, 11) is 0. The van der Waals surface area contributed by atoms with Crippen LogP contribution in [0.15, 0.2) is 0 Å². The molecule has 1 amide bonds. The molecule has 59 heavy (non-hydrogen) atoms. The van der Waals surface area contributed by atoms with Crippen LogP contribution in [0, 0.1) is 0 Å². The van der Waals surface area contributed by atoms with Crippen molar-refractivity contribution in [2.75, 3.05) is 33.0 Å². The lowest BCUT2D eigenvalue weighted by molar-refractivity contribution is -0.388. The fraction of sp³-hybridized carbons (Fsp3) is 0.969. The van der Waals surface area contributed by atoms with Gasteiger partial charge in [0.15, 0.2) is 31.5 Å². The lowest BCUT2D eigenvalue weighted by Crippen LogP contribution is -2.70. The average molecular weight is 870 g/mol. The molecule has 5 fully saturated rings. The van der Waals surface area contributed by atoms with Crippen molar-refractivity contribution in [2.45, 2.75) is 160 Å². The summed E-state index contributed by atoms with van der Waals surface area (Å²) in [4.78, 5) is 12.4. The Morgan fingerprint density at radius 2 is 0.780 bits per heavy atom. The van der Waals surface area contributed by atoms with Crippen LogP contribution in [0.5, 0.6) is 0 Å². The third kappa shape index (κ3) is 10.2. The van der Waals surface area contributed by atoms with Crippen LogP contribution in [-0.4, -0.2) is 274 Å². The van der Waals surface area contributed by atoms with Crippen molar-refractivity contribution >= 4 is 5.91 Å². The molecular weight excluding hydrogens is 814 g/mol. The number of aliphatic hydroxyl groups excluding tert-OH is 16. The fourth-order valence-electron chi connectivity index (χ4n) is 7.43. The van der Waals surface area contributed by atoms with Gasteiger partial charge >= 0.3 is 0 Å². The molecular formula is C32H55NO26. The van der Waals surface area contributed by atoms with E-state index in [4.69, 9.17) is 42.6 Å². The maximum Gasteiger partial charge on any atom is 0.217 e. The number of amides is 1. The molecule has 0 aromatic carbocycles. The number of aliphatic hydroxyl groups is 16. The van der Waals surface area contributed by atoms with Crippen LogP contribution in [0.3, 0.4) is 0 Å². The zero-order chi connectivity index (χ0) is 43.6. The van der Waals surface area contributed by atoms with Gasteiger partial charge in [-0.2, -0.15) is 0 Å². The smallest absolute Gasteiger partial charge is 0.217 e. The van der Waals surface area contributed by atoms with E-state index in [-0.39, 0.29) is 0 Å². The van der Waals surface area contributed by atoms with Crippen LogP contribution in [0.4, 0.5) is 0 Å². The zero-order valence-electron chi connectivity index (χ0n) is 31.2. The normalized spacial score (nSPS) is 51.0. The first kappa shape index (κ1) is 48.5. The van der Waals surface area contributed by atoms with Gasteiger partial charge in [-0.3, -0.25) is 4.79 Å². The summed E-state index contributed by atoms with van der Waals surface area (Å²) in [6, 6.07) is -1.67. The van der Waals surface area contributed by atoms with Gasteiger partial charge in [0.1, 0.15) is 122 Å². The number of ether oxygens (including phenoxy) is 9. The summed E-state index contributed by atoms with van der Waals surface area (Å²) in [5.74, 6) is -0.805. The molecule has 27 heteroatoms. The highest BCUT2D eigenvalue weighted by Gasteiger charge is 2.57. The van der Waals surface area contributed by atoms with Crippen LogP contribution in [0.25, 0.3) is 0 Å². The number of rotatable bonds is 14. The second-order valence-electron chi connectivity index (χ2n) is 14.7. The fourth-order valence-corrected chi connectivity index (χ4v) is 7.43. The maximum absolute atomic E-state index is 12.4. The van der Waals surface area contributed by atoms with E-state index in [0.29, 0.717) is 0 Å². The van der Waals surface area contributed by atoms with Gasteiger partial charge in [-0.1, -0.05) is 0 Å². The molecule has 5 heterocycles. The van der Waals surface area contributed by atoms with E-state index >= 15 is 0 Å². The molecule has 27 nitrogen and oxygen atoms in total. The summed E-state index contributed by atoms with van der Waals surface area (Å²) in [5, 5.41) is 169. The molecule has 0 saturated carbocycles. The average Bonchev–Trinajstić information content (AvgIpc) is 3.21. The van der Waals surface area contributed by atoms with Crippen LogP contribution in [-0.2, 0) is 47.4 Å². The molecule has 5 saturated heterocycles. The number of carbonyl (C=O) groups is 1. The Bertz CT molecular complexity index is 1320. The van der Waals surface area contributed by atoms with Crippen LogP contribution >= 0.6 is 0 Å². The van der Waals surface area contributed by atoms with Crippen molar-refractivity contribution in [3.63, 3.8) is 0 Å². The number of hydrogen-bond acceptors (Lipinski definition) is 26. The molecule has 5 aliphatic heterocycles. The molecule has 0 radical (unpaired) electrons. The summed E-state index contributed by atoms with van der Waals surface area (Å²) in [6.07, 6.45) is -44.4. The molecule has 5 aliphatic rings. The monoisotopic (exact) mass is 869 g/mol. The third-order valence-electron chi connectivity index (χ3n) is 10.7. The van der Waals surface area contributed by atoms with E-state index in [1.165, 1.54) is 0 Å². The van der Waals surface area contributed by atoms with Crippen LogP contribution in [0.1, 0.15) is 6.92 Å². The van der Waals surface area contributed by atoms with Gasteiger partial charge in [0.25, 0.3) is 0 Å². The topological polar surface area (TPSA) is 436 Å². The van der Waals surface area contributed by atoms with Gasteiger partial charge in [0, 0.05) is 6.92 Å². The van der Waals surface area contributed by atoms with Crippen molar-refractivity contribution < 1.29 is 129 Å². The second-order valence-corrected chi connectivity index (χ2v) is 14.7. The number of nitrogens with one attached hydrogen (secondary N) is 1. The van der Waals surface area contributed by atoms with Crippen molar-refractivity contribution in [2.24, 2.45) is 0 Å². The predicted molar refractivity (Wildman–Crippen MR) is 178 cm³/mol. The maximum atomic E-state index is 12.4. The Kier molecular flexibility index (Phi) is 17.1. The Morgan fingerprint density at radius 3 is 1.29 bits per heavy atom. The minimum absolute atomic E-state index is 0.805. The Hall–Kier alpha value is -1.53. The van der Waals surface area contributed by atoms with E-state index in [1.807, 2.05) is 0 Å². The highest BCUT2D eigenvalue weighted by molar-refractivity contribution is 5.73. The van der Waals surface area contributed by atoms with E-state index in [1.54, 1.807) is 0 Å². The quantitative estimate of drug-likeness (QED) is 0.0770. The zero-order valence-corrected chi connectivity index (χ0v) is 31.2. The van der Waals surface area contributed by atoms with Gasteiger partial charge in [0.05, 0.1) is 33.0 Å². The number of carbonyl (C=O) groups excluding carboxylic acids is 1. The molecule has 0 aromatic rings. The summed E-state index contributed by atoms with van der Waals surface area (Å²) >= 11 is 0. The first-order valence-electron chi connectivity index (χ1n) is 18.6. The van der Waals surface area contributed by atoms with Crippen molar-refractivity contribution in [1.29, 1.82) is 0 Å². The third-order valence-corrected chi connectivity index (χ3v) is 10.7. The van der Waals surface area contributed by atoms with E-state index in [9.17, 15) is 86.5 Å². The summed E-state index contributed by atoms with van der Waals surface area (Å²) in [6.45, 7) is -3.58. The molecule has 0 aliphatic carbocycles. The van der Waals surface area contributed by atoms with Crippen LogP contribution in [0.2, 0.25) is 0 Å². The molecule has 25 atom stereocenters.